The van der Waals surface area contributed by atoms with Crippen LogP contribution in [0.25, 0.3) is 5.57 Å². The molecule has 250 valence electrons. The Morgan fingerprint density at radius 1 is 0.800 bits per heavy atom. The van der Waals surface area contributed by atoms with E-state index >= 15 is 9.59 Å². The molecule has 2 fully saturated rings. The van der Waals surface area contributed by atoms with Gasteiger partial charge in [0.1, 0.15) is 0 Å². The summed E-state index contributed by atoms with van der Waals surface area (Å²) in [5.74, 6) is -4.22. The number of hydrogen-bond donors (Lipinski definition) is 1. The monoisotopic (exact) mass is 663 g/mol. The predicted octanol–water partition coefficient (Wildman–Crippen LogP) is 6.82. The number of benzene rings is 4. The Morgan fingerprint density at radius 3 is 2.18 bits per heavy atom. The van der Waals surface area contributed by atoms with Crippen molar-refractivity contribution in [3.8, 4) is 11.5 Å². The standard InChI is InChI=1S/C43H37NO6/c1-2-50-35-20-12-19-31(40(35)47)38-29-21-22-30-37(42(49)44(41(30)48)25-26-13-6-3-7-14-26)33(29)23-34-39(46)32(27-15-8-4-9-16-27)24-36(45)43(34,38)28-17-10-5-11-18-28/h3-21,24,30,33-34,37-38,47H,2,22-23,25H2,1H3. The van der Waals surface area contributed by atoms with E-state index < -0.39 is 35.0 Å². The first-order chi connectivity index (χ1) is 24.4. The van der Waals surface area contributed by atoms with E-state index in [1.165, 1.54) is 11.0 Å². The minimum atomic E-state index is -1.43. The Morgan fingerprint density at radius 2 is 1.48 bits per heavy atom. The average molecular weight is 664 g/mol. The molecule has 50 heavy (non-hydrogen) atoms. The number of para-hydroxylation sites is 1. The van der Waals surface area contributed by atoms with Gasteiger partial charge in [-0.15, -0.1) is 0 Å². The first-order valence-corrected chi connectivity index (χ1v) is 17.3. The van der Waals surface area contributed by atoms with Gasteiger partial charge in [-0.05, 0) is 54.5 Å². The van der Waals surface area contributed by atoms with Crippen molar-refractivity contribution in [1.82, 2.24) is 4.90 Å². The highest BCUT2D eigenvalue weighted by atomic mass is 16.5. The molecule has 0 bridgehead atoms. The molecule has 7 nitrogen and oxygen atoms in total. The Hall–Kier alpha value is -5.56. The summed E-state index contributed by atoms with van der Waals surface area (Å²) in [6.45, 7) is 2.32. The smallest absolute Gasteiger partial charge is 0.234 e. The summed E-state index contributed by atoms with van der Waals surface area (Å²) in [7, 11) is 0. The van der Waals surface area contributed by atoms with Crippen LogP contribution in [0.15, 0.2) is 127 Å². The molecule has 4 aromatic carbocycles. The molecule has 0 spiro atoms. The molecule has 4 aromatic rings. The van der Waals surface area contributed by atoms with E-state index in [1.807, 2.05) is 104 Å². The van der Waals surface area contributed by atoms with Gasteiger partial charge in [-0.2, -0.15) is 0 Å². The van der Waals surface area contributed by atoms with Gasteiger partial charge in [0.05, 0.1) is 30.4 Å². The van der Waals surface area contributed by atoms with Gasteiger partial charge in [0.25, 0.3) is 0 Å². The van der Waals surface area contributed by atoms with Crippen LogP contribution in [0.3, 0.4) is 0 Å². The second-order valence-electron chi connectivity index (χ2n) is 13.7. The number of likely N-dealkylation sites (tertiary alicyclic amines) is 1. The fourth-order valence-corrected chi connectivity index (χ4v) is 9.25. The summed E-state index contributed by atoms with van der Waals surface area (Å²) in [5.41, 5.74) is 2.33. The van der Waals surface area contributed by atoms with E-state index in [2.05, 4.69) is 0 Å². The maximum absolute atomic E-state index is 15.2. The summed E-state index contributed by atoms with van der Waals surface area (Å²) < 4.78 is 5.83. The molecule has 1 N–H and O–H groups in total. The summed E-state index contributed by atoms with van der Waals surface area (Å²) in [4.78, 5) is 60.0. The number of ketones is 2. The summed E-state index contributed by atoms with van der Waals surface area (Å²) in [6, 6.07) is 33.3. The molecule has 1 heterocycles. The summed E-state index contributed by atoms with van der Waals surface area (Å²) in [5, 5.41) is 11.9. The van der Waals surface area contributed by atoms with Crippen LogP contribution in [-0.4, -0.2) is 40.0 Å². The van der Waals surface area contributed by atoms with Gasteiger partial charge in [0.15, 0.2) is 23.1 Å². The number of Topliss-reactive ketones (excluding diaryl/α,β-unsaturated/α-hetero) is 1. The molecule has 1 aliphatic heterocycles. The largest absolute Gasteiger partial charge is 0.504 e. The normalized spacial score (nSPS) is 27.2. The molecule has 8 rings (SSSR count). The van der Waals surface area contributed by atoms with Crippen LogP contribution < -0.4 is 4.74 Å². The Bertz CT molecular complexity index is 2070. The van der Waals surface area contributed by atoms with Gasteiger partial charge < -0.3 is 9.84 Å². The number of phenolic OH excluding ortho intramolecular Hbond substituents is 1. The van der Waals surface area contributed by atoms with Crippen molar-refractivity contribution in [2.45, 2.75) is 37.6 Å². The third kappa shape index (κ3) is 4.71. The quantitative estimate of drug-likeness (QED) is 0.172. The van der Waals surface area contributed by atoms with Crippen molar-refractivity contribution in [3.63, 3.8) is 0 Å². The van der Waals surface area contributed by atoms with E-state index in [-0.39, 0.29) is 47.8 Å². The van der Waals surface area contributed by atoms with Crippen molar-refractivity contribution in [1.29, 1.82) is 0 Å². The molecule has 0 radical (unpaired) electrons. The molecule has 0 aromatic heterocycles. The average Bonchev–Trinajstić information content (AvgIpc) is 3.39. The van der Waals surface area contributed by atoms with Crippen LogP contribution in [0.2, 0.25) is 0 Å². The Labute approximate surface area is 290 Å². The highest BCUT2D eigenvalue weighted by Crippen LogP contribution is 2.64. The minimum Gasteiger partial charge on any atom is -0.504 e. The van der Waals surface area contributed by atoms with E-state index in [9.17, 15) is 14.7 Å². The molecule has 6 atom stereocenters. The molecule has 2 amide bonds. The van der Waals surface area contributed by atoms with E-state index in [0.717, 1.165) is 11.1 Å². The molecular formula is C43H37NO6. The van der Waals surface area contributed by atoms with E-state index in [1.54, 1.807) is 18.2 Å². The lowest BCUT2D eigenvalue weighted by Crippen LogP contribution is -2.58. The third-order valence-electron chi connectivity index (χ3n) is 11.3. The topological polar surface area (TPSA) is 101 Å². The van der Waals surface area contributed by atoms with Crippen molar-refractivity contribution < 1.29 is 29.0 Å². The number of nitrogens with zero attached hydrogens (tertiary/aromatic N) is 1. The van der Waals surface area contributed by atoms with Gasteiger partial charge in [-0.1, -0.05) is 115 Å². The number of carbonyl (C=O) groups excluding carboxylic acids is 4. The van der Waals surface area contributed by atoms with Crippen LogP contribution in [0.5, 0.6) is 11.5 Å². The molecular weight excluding hydrogens is 626 g/mol. The van der Waals surface area contributed by atoms with Crippen LogP contribution >= 0.6 is 0 Å². The molecule has 1 saturated carbocycles. The molecule has 1 saturated heterocycles. The summed E-state index contributed by atoms with van der Waals surface area (Å²) in [6.07, 6.45) is 4.01. The van der Waals surface area contributed by atoms with E-state index in [0.29, 0.717) is 35.3 Å². The minimum absolute atomic E-state index is 0.102. The van der Waals surface area contributed by atoms with Gasteiger partial charge in [0, 0.05) is 23.0 Å². The Balaban J connectivity index is 1.35. The number of imide groups is 1. The number of ether oxygens (including phenoxy) is 1. The number of fused-ring (bicyclic) bond motifs is 4. The van der Waals surface area contributed by atoms with Gasteiger partial charge in [0.2, 0.25) is 11.8 Å². The van der Waals surface area contributed by atoms with Crippen LogP contribution in [-0.2, 0) is 31.1 Å². The van der Waals surface area contributed by atoms with Crippen molar-refractivity contribution >= 4 is 29.0 Å². The number of carbonyl (C=O) groups is 4. The number of aromatic hydroxyl groups is 1. The van der Waals surface area contributed by atoms with Gasteiger partial charge in [-0.25, -0.2) is 0 Å². The van der Waals surface area contributed by atoms with Crippen molar-refractivity contribution in [2.75, 3.05) is 6.61 Å². The first kappa shape index (κ1) is 31.7. The lowest BCUT2D eigenvalue weighted by atomic mass is 9.44. The van der Waals surface area contributed by atoms with E-state index in [4.69, 9.17) is 4.74 Å². The second kappa shape index (κ2) is 12.4. The number of rotatable bonds is 7. The highest BCUT2D eigenvalue weighted by molar-refractivity contribution is 6.31. The third-order valence-corrected chi connectivity index (χ3v) is 11.3. The zero-order valence-corrected chi connectivity index (χ0v) is 27.7. The zero-order valence-electron chi connectivity index (χ0n) is 27.7. The number of phenols is 1. The fourth-order valence-electron chi connectivity index (χ4n) is 9.25. The fraction of sp³-hybridized carbons (Fsp3) is 0.256. The van der Waals surface area contributed by atoms with Gasteiger partial charge >= 0.3 is 0 Å². The zero-order chi connectivity index (χ0) is 34.6. The van der Waals surface area contributed by atoms with Crippen LogP contribution in [0.4, 0.5) is 0 Å². The molecule has 6 unspecified atom stereocenters. The summed E-state index contributed by atoms with van der Waals surface area (Å²) >= 11 is 0. The van der Waals surface area contributed by atoms with Crippen LogP contribution in [0.1, 0.15) is 47.9 Å². The highest BCUT2D eigenvalue weighted by Gasteiger charge is 2.66. The maximum atomic E-state index is 15.2. The Kier molecular flexibility index (Phi) is 7.86. The molecule has 4 aliphatic rings. The lowest BCUT2D eigenvalue weighted by Gasteiger charge is -2.55. The predicted molar refractivity (Wildman–Crippen MR) is 188 cm³/mol. The van der Waals surface area contributed by atoms with Crippen molar-refractivity contribution in [3.05, 3.63) is 149 Å². The van der Waals surface area contributed by atoms with Gasteiger partial charge in [-0.3, -0.25) is 24.1 Å². The second-order valence-corrected chi connectivity index (χ2v) is 13.7. The van der Waals surface area contributed by atoms with Crippen molar-refractivity contribution in [2.24, 2.45) is 23.7 Å². The van der Waals surface area contributed by atoms with Crippen LogP contribution in [0, 0.1) is 23.7 Å². The SMILES string of the molecule is CCOc1cccc(C2C3=CCC4C(=O)N(Cc5ccccc5)C(=O)C4C3CC3C(=O)C(c4ccccc4)=CC(=O)C32c2ccccc2)c1O. The first-order valence-electron chi connectivity index (χ1n) is 17.3. The molecule has 7 heteroatoms. The molecule has 3 aliphatic carbocycles. The maximum Gasteiger partial charge on any atom is 0.234 e. The number of amides is 2. The number of hydrogen-bond acceptors (Lipinski definition) is 6. The number of allylic oxidation sites excluding steroid dienone is 4. The lowest BCUT2D eigenvalue weighted by molar-refractivity contribution is -0.141.